The number of carboxylic acid groups (broad SMARTS) is 1. The van der Waals surface area contributed by atoms with Crippen LogP contribution in [0.2, 0.25) is 0 Å². The minimum Gasteiger partial charge on any atom is -0.497 e. The average molecular weight is 468 g/mol. The highest BCUT2D eigenvalue weighted by Crippen LogP contribution is 2.41. The molecule has 2 heterocycles. The lowest BCUT2D eigenvalue weighted by atomic mass is 9.89. The molecule has 2 aromatic carbocycles. The van der Waals surface area contributed by atoms with Crippen LogP contribution in [0.4, 0.5) is 5.69 Å². The number of rotatable bonds is 8. The molecule has 0 spiro atoms. The van der Waals surface area contributed by atoms with Gasteiger partial charge in [0.15, 0.2) is 0 Å². The number of nitrogens with one attached hydrogen (secondary N) is 1. The maximum Gasteiger partial charge on any atom is 0.329 e. The minimum absolute atomic E-state index is 0.282. The summed E-state index contributed by atoms with van der Waals surface area (Å²) < 4.78 is 23.1. The highest BCUT2D eigenvalue weighted by Gasteiger charge is 2.40. The number of anilines is 1. The lowest BCUT2D eigenvalue weighted by molar-refractivity contribution is -0.145. The second-order valence-electron chi connectivity index (χ2n) is 9.46. The largest absolute Gasteiger partial charge is 0.497 e. The summed E-state index contributed by atoms with van der Waals surface area (Å²) in [5.74, 6) is 0.783. The molecular formula is C27H33NO6. The zero-order valence-electron chi connectivity index (χ0n) is 19.7. The first-order chi connectivity index (χ1) is 16.6. The van der Waals surface area contributed by atoms with Crippen LogP contribution in [-0.4, -0.2) is 49.6 Å². The number of ether oxygens (including phenoxy) is 4. The van der Waals surface area contributed by atoms with Gasteiger partial charge < -0.3 is 29.4 Å². The Kier molecular flexibility index (Phi) is 6.66. The van der Waals surface area contributed by atoms with Crippen LogP contribution >= 0.6 is 0 Å². The standard InChI is InChI=1S/C27H33NO6/c1-31-21-15-24(23-8-11-33-25(23)16-21)22-7-6-19(14-18(22)17-34-20-4-2-3-5-20)28-27(26(29)30)9-12-32-13-10-27/h6-7,14-16,20,28H,2-5,8-13,17H2,1H3,(H,29,30). The number of hydrogen-bond donors (Lipinski definition) is 2. The molecule has 1 aliphatic carbocycles. The molecule has 2 aliphatic heterocycles. The van der Waals surface area contributed by atoms with E-state index in [2.05, 4.69) is 17.4 Å². The molecule has 0 bridgehead atoms. The van der Waals surface area contributed by atoms with Gasteiger partial charge in [-0.25, -0.2) is 4.79 Å². The Bertz CT molecular complexity index is 1040. The van der Waals surface area contributed by atoms with Crippen molar-refractivity contribution >= 4 is 11.7 Å². The maximum atomic E-state index is 12.2. The van der Waals surface area contributed by atoms with E-state index in [-0.39, 0.29) is 6.10 Å². The van der Waals surface area contributed by atoms with Gasteiger partial charge in [-0.2, -0.15) is 0 Å². The van der Waals surface area contributed by atoms with Crippen molar-refractivity contribution in [1.82, 2.24) is 0 Å². The van der Waals surface area contributed by atoms with Crippen LogP contribution in [-0.2, 0) is 27.3 Å². The molecule has 2 aromatic rings. The fourth-order valence-electron chi connectivity index (χ4n) is 5.33. The molecule has 2 fully saturated rings. The normalized spacial score (nSPS) is 19.4. The van der Waals surface area contributed by atoms with E-state index in [1.54, 1.807) is 7.11 Å². The van der Waals surface area contributed by atoms with Crippen LogP contribution in [0.5, 0.6) is 11.5 Å². The zero-order chi connectivity index (χ0) is 23.5. The summed E-state index contributed by atoms with van der Waals surface area (Å²) in [6.07, 6.45) is 6.60. The third-order valence-corrected chi connectivity index (χ3v) is 7.34. The molecule has 7 nitrogen and oxygen atoms in total. The Labute approximate surface area is 200 Å². The number of carbonyl (C=O) groups is 1. The van der Waals surface area contributed by atoms with E-state index in [0.29, 0.717) is 39.3 Å². The first kappa shape index (κ1) is 23.0. The summed E-state index contributed by atoms with van der Waals surface area (Å²) in [5, 5.41) is 13.3. The Morgan fingerprint density at radius 3 is 2.65 bits per heavy atom. The van der Waals surface area contributed by atoms with E-state index in [9.17, 15) is 9.90 Å². The lowest BCUT2D eigenvalue weighted by Gasteiger charge is -2.35. The fourth-order valence-corrected chi connectivity index (χ4v) is 5.33. The second-order valence-corrected chi connectivity index (χ2v) is 9.46. The Hall–Kier alpha value is -2.77. The number of methoxy groups -OCH3 is 1. The topological polar surface area (TPSA) is 86.3 Å². The maximum absolute atomic E-state index is 12.2. The average Bonchev–Trinajstić information content (AvgIpc) is 3.55. The Morgan fingerprint density at radius 1 is 1.12 bits per heavy atom. The second kappa shape index (κ2) is 9.84. The molecule has 1 saturated carbocycles. The first-order valence-electron chi connectivity index (χ1n) is 12.3. The van der Waals surface area contributed by atoms with Gasteiger partial charge in [0.1, 0.15) is 17.0 Å². The molecule has 34 heavy (non-hydrogen) atoms. The van der Waals surface area contributed by atoms with Gasteiger partial charge in [0.25, 0.3) is 0 Å². The third-order valence-electron chi connectivity index (χ3n) is 7.34. The number of aliphatic carboxylic acids is 1. The molecule has 3 aliphatic rings. The van der Waals surface area contributed by atoms with Gasteiger partial charge in [-0.15, -0.1) is 0 Å². The van der Waals surface area contributed by atoms with Crippen LogP contribution in [0, 0.1) is 0 Å². The van der Waals surface area contributed by atoms with Gasteiger partial charge in [-0.05, 0) is 47.7 Å². The van der Waals surface area contributed by atoms with Gasteiger partial charge in [-0.1, -0.05) is 18.9 Å². The lowest BCUT2D eigenvalue weighted by Crippen LogP contribution is -2.50. The first-order valence-corrected chi connectivity index (χ1v) is 12.3. The number of fused-ring (bicyclic) bond motifs is 1. The summed E-state index contributed by atoms with van der Waals surface area (Å²) in [6, 6.07) is 10.1. The van der Waals surface area contributed by atoms with E-state index < -0.39 is 11.5 Å². The summed E-state index contributed by atoms with van der Waals surface area (Å²) in [5.41, 5.74) is 4.13. The molecule has 0 aromatic heterocycles. The molecule has 0 atom stereocenters. The third kappa shape index (κ3) is 4.59. The minimum atomic E-state index is -1.02. The van der Waals surface area contributed by atoms with Gasteiger partial charge in [0.05, 0.1) is 26.4 Å². The number of carboxylic acids is 1. The summed E-state index contributed by atoms with van der Waals surface area (Å²) >= 11 is 0. The molecule has 0 unspecified atom stereocenters. The molecular weight excluding hydrogens is 434 g/mol. The smallest absolute Gasteiger partial charge is 0.329 e. The monoisotopic (exact) mass is 467 g/mol. The van der Waals surface area contributed by atoms with Gasteiger partial charge in [0, 0.05) is 49.8 Å². The summed E-state index contributed by atoms with van der Waals surface area (Å²) in [7, 11) is 1.66. The van der Waals surface area contributed by atoms with Crippen molar-refractivity contribution in [2.75, 3.05) is 32.2 Å². The van der Waals surface area contributed by atoms with Gasteiger partial charge >= 0.3 is 5.97 Å². The summed E-state index contributed by atoms with van der Waals surface area (Å²) in [4.78, 5) is 12.2. The molecule has 182 valence electrons. The highest BCUT2D eigenvalue weighted by atomic mass is 16.5. The van der Waals surface area contributed by atoms with Crippen molar-refractivity contribution in [2.45, 2.75) is 63.2 Å². The van der Waals surface area contributed by atoms with Crippen LogP contribution in [0.3, 0.4) is 0 Å². The highest BCUT2D eigenvalue weighted by molar-refractivity contribution is 5.84. The molecule has 5 rings (SSSR count). The fraction of sp³-hybridized carbons (Fsp3) is 0.519. The van der Waals surface area contributed by atoms with Crippen molar-refractivity contribution in [3.8, 4) is 22.6 Å². The number of benzene rings is 2. The Balaban J connectivity index is 1.51. The van der Waals surface area contributed by atoms with Crippen LogP contribution < -0.4 is 14.8 Å². The van der Waals surface area contributed by atoms with Crippen molar-refractivity contribution in [3.05, 3.63) is 41.5 Å². The summed E-state index contributed by atoms with van der Waals surface area (Å²) in [6.45, 7) is 2.01. The van der Waals surface area contributed by atoms with E-state index in [4.69, 9.17) is 18.9 Å². The van der Waals surface area contributed by atoms with Crippen LogP contribution in [0.25, 0.3) is 11.1 Å². The van der Waals surface area contributed by atoms with E-state index >= 15 is 0 Å². The molecule has 1 saturated heterocycles. The SMILES string of the molecule is COc1cc2c(c(-c3ccc(NC4(C(=O)O)CCOCC4)cc3COC3CCCC3)c1)CCO2. The van der Waals surface area contributed by atoms with Crippen molar-refractivity contribution in [2.24, 2.45) is 0 Å². The quantitative estimate of drug-likeness (QED) is 0.577. The molecule has 0 radical (unpaired) electrons. The molecule has 7 heteroatoms. The van der Waals surface area contributed by atoms with Crippen molar-refractivity contribution in [3.63, 3.8) is 0 Å². The van der Waals surface area contributed by atoms with Crippen LogP contribution in [0.1, 0.15) is 49.7 Å². The Morgan fingerprint density at radius 2 is 1.91 bits per heavy atom. The van der Waals surface area contributed by atoms with E-state index in [1.165, 1.54) is 18.4 Å². The van der Waals surface area contributed by atoms with E-state index in [1.807, 2.05) is 18.2 Å². The zero-order valence-corrected chi connectivity index (χ0v) is 19.7. The van der Waals surface area contributed by atoms with E-state index in [0.717, 1.165) is 53.1 Å². The van der Waals surface area contributed by atoms with Crippen molar-refractivity contribution in [1.29, 1.82) is 0 Å². The van der Waals surface area contributed by atoms with Gasteiger partial charge in [-0.3, -0.25) is 0 Å². The van der Waals surface area contributed by atoms with Crippen LogP contribution in [0.15, 0.2) is 30.3 Å². The van der Waals surface area contributed by atoms with Crippen molar-refractivity contribution < 1.29 is 28.8 Å². The predicted octanol–water partition coefficient (Wildman–Crippen LogP) is 4.80. The predicted molar refractivity (Wildman–Crippen MR) is 129 cm³/mol. The van der Waals surface area contributed by atoms with Gasteiger partial charge in [0.2, 0.25) is 0 Å². The molecule has 0 amide bonds. The number of hydrogen-bond acceptors (Lipinski definition) is 6. The molecule has 2 N–H and O–H groups in total.